The van der Waals surface area contributed by atoms with Gasteiger partial charge in [0.2, 0.25) is 0 Å². The van der Waals surface area contributed by atoms with Gasteiger partial charge in [-0.15, -0.1) is 0 Å². The van der Waals surface area contributed by atoms with Crippen molar-refractivity contribution in [1.29, 1.82) is 0 Å². The number of ketones is 1. The molecule has 0 bridgehead atoms. The van der Waals surface area contributed by atoms with E-state index in [4.69, 9.17) is 4.43 Å². The number of hydrogen-bond donors (Lipinski definition) is 0. The van der Waals surface area contributed by atoms with Gasteiger partial charge in [0, 0.05) is 12.3 Å². The predicted octanol–water partition coefficient (Wildman–Crippen LogP) is 6.45. The fourth-order valence-corrected chi connectivity index (χ4v) is 7.64. The van der Waals surface area contributed by atoms with Crippen molar-refractivity contribution >= 4 is 14.1 Å². The Kier molecular flexibility index (Phi) is 6.31. The van der Waals surface area contributed by atoms with Crippen molar-refractivity contribution in [2.75, 3.05) is 0 Å². The Hall–Kier alpha value is -0.153. The zero-order valence-electron chi connectivity index (χ0n) is 18.1. The molecule has 2 nitrogen and oxygen atoms in total. The first-order valence-electron chi connectivity index (χ1n) is 10.6. The topological polar surface area (TPSA) is 26.3 Å². The minimum absolute atomic E-state index is 0.0346. The average molecular weight is 367 g/mol. The summed E-state index contributed by atoms with van der Waals surface area (Å²) < 4.78 is 6.46. The van der Waals surface area contributed by atoms with Crippen molar-refractivity contribution in [3.8, 4) is 0 Å². The lowest BCUT2D eigenvalue weighted by Gasteiger charge is -2.43. The summed E-state index contributed by atoms with van der Waals surface area (Å²) in [6.45, 7) is 18.6. The van der Waals surface area contributed by atoms with E-state index in [1.54, 1.807) is 0 Å². The van der Waals surface area contributed by atoms with Gasteiger partial charge in [0.25, 0.3) is 0 Å². The smallest absolute Gasteiger partial charge is 0.184 e. The van der Waals surface area contributed by atoms with Gasteiger partial charge in [-0.05, 0) is 88.8 Å². The maximum absolute atomic E-state index is 12.4. The number of carbonyl (C=O) groups is 1. The molecule has 2 aliphatic rings. The van der Waals surface area contributed by atoms with Crippen LogP contribution in [0, 0.1) is 29.1 Å². The van der Waals surface area contributed by atoms with Gasteiger partial charge in [0.15, 0.2) is 8.32 Å². The molecule has 3 heteroatoms. The molecule has 2 saturated carbocycles. The lowest BCUT2D eigenvalue weighted by atomic mass is 9.61. The quantitative estimate of drug-likeness (QED) is 0.484. The largest absolute Gasteiger partial charge is 0.412 e. The Labute approximate surface area is 157 Å². The summed E-state index contributed by atoms with van der Waals surface area (Å²) in [5.74, 6) is 2.93. The van der Waals surface area contributed by atoms with Crippen molar-refractivity contribution in [2.45, 2.75) is 105 Å². The molecule has 25 heavy (non-hydrogen) atoms. The Morgan fingerprint density at radius 2 is 1.84 bits per heavy atom. The second kappa shape index (κ2) is 7.46. The molecule has 0 radical (unpaired) electrons. The maximum atomic E-state index is 12.4. The second-order valence-corrected chi connectivity index (χ2v) is 15.3. The number of hydrogen-bond acceptors (Lipinski definition) is 2. The van der Waals surface area contributed by atoms with E-state index in [0.717, 1.165) is 25.2 Å². The zero-order valence-corrected chi connectivity index (χ0v) is 19.1. The molecular weight excluding hydrogens is 324 g/mol. The first kappa shape index (κ1) is 21.2. The molecule has 0 heterocycles. The molecule has 2 aliphatic carbocycles. The van der Waals surface area contributed by atoms with Gasteiger partial charge in [0.1, 0.15) is 5.78 Å². The van der Waals surface area contributed by atoms with Crippen molar-refractivity contribution in [1.82, 2.24) is 0 Å². The average Bonchev–Trinajstić information content (AvgIpc) is 2.80. The molecule has 0 unspecified atom stereocenters. The molecule has 2 fully saturated rings. The highest BCUT2D eigenvalue weighted by atomic mass is 28.4. The van der Waals surface area contributed by atoms with E-state index in [2.05, 4.69) is 54.3 Å². The number of carbonyl (C=O) groups excluding carboxylic acids is 1. The summed E-state index contributed by atoms with van der Waals surface area (Å²) in [6.07, 6.45) is 8.10. The highest BCUT2D eigenvalue weighted by Crippen LogP contribution is 2.57. The third-order valence-electron chi connectivity index (χ3n) is 7.43. The molecular formula is C22H42O2Si. The highest BCUT2D eigenvalue weighted by molar-refractivity contribution is 6.69. The normalized spacial score (nSPS) is 33.2. The summed E-state index contributed by atoms with van der Waals surface area (Å²) in [6, 6.07) is 0. The Morgan fingerprint density at radius 1 is 1.20 bits per heavy atom. The first-order chi connectivity index (χ1) is 11.4. The molecule has 0 amide bonds. The lowest BCUT2D eigenvalue weighted by Crippen LogP contribution is -2.43. The minimum Gasteiger partial charge on any atom is -0.412 e. The Morgan fingerprint density at radius 3 is 2.44 bits per heavy atom. The second-order valence-electron chi connectivity index (χ2n) is 10.8. The summed E-state index contributed by atoms with van der Waals surface area (Å²) >= 11 is 0. The first-order valence-corrected chi connectivity index (χ1v) is 14.0. The summed E-state index contributed by atoms with van der Waals surface area (Å²) in [5.41, 5.74) is 0.245. The van der Waals surface area contributed by atoms with E-state index < -0.39 is 8.32 Å². The van der Waals surface area contributed by atoms with E-state index >= 15 is 0 Å². The SMILES string of the molecule is C[C@H](CC[C@@H](C)C(C)(C)O[Si](C)(C)C)[C@H]1CC[C@H]2C(=O)CCC[C@]12C. The maximum Gasteiger partial charge on any atom is 0.184 e. The Balaban J connectivity index is 1.94. The van der Waals surface area contributed by atoms with Crippen LogP contribution in [0.15, 0.2) is 0 Å². The molecule has 146 valence electrons. The van der Waals surface area contributed by atoms with Crippen LogP contribution >= 0.6 is 0 Å². The summed E-state index contributed by atoms with van der Waals surface area (Å²) in [5, 5.41) is 0. The van der Waals surface area contributed by atoms with Crippen molar-refractivity contribution in [3.05, 3.63) is 0 Å². The minimum atomic E-state index is -1.52. The van der Waals surface area contributed by atoms with Crippen LogP contribution in [-0.2, 0) is 9.22 Å². The van der Waals surface area contributed by atoms with E-state index in [1.807, 2.05) is 0 Å². The van der Waals surface area contributed by atoms with Gasteiger partial charge < -0.3 is 4.43 Å². The van der Waals surface area contributed by atoms with E-state index in [-0.39, 0.29) is 11.0 Å². The third kappa shape index (κ3) is 4.77. The van der Waals surface area contributed by atoms with Crippen LogP contribution in [0.25, 0.3) is 0 Å². The monoisotopic (exact) mass is 366 g/mol. The van der Waals surface area contributed by atoms with Gasteiger partial charge in [0.05, 0.1) is 5.60 Å². The fraction of sp³-hybridized carbons (Fsp3) is 0.955. The summed E-state index contributed by atoms with van der Waals surface area (Å²) in [4.78, 5) is 12.4. The van der Waals surface area contributed by atoms with Crippen LogP contribution < -0.4 is 0 Å². The van der Waals surface area contributed by atoms with E-state index in [1.165, 1.54) is 25.7 Å². The molecule has 0 aromatic rings. The molecule has 0 N–H and O–H groups in total. The van der Waals surface area contributed by atoms with Gasteiger partial charge in [-0.25, -0.2) is 0 Å². The van der Waals surface area contributed by atoms with Crippen molar-refractivity contribution in [2.24, 2.45) is 29.1 Å². The van der Waals surface area contributed by atoms with Gasteiger partial charge >= 0.3 is 0 Å². The number of fused-ring (bicyclic) bond motifs is 1. The van der Waals surface area contributed by atoms with Gasteiger partial charge in [-0.2, -0.15) is 0 Å². The van der Waals surface area contributed by atoms with Crippen molar-refractivity contribution < 1.29 is 9.22 Å². The van der Waals surface area contributed by atoms with Crippen LogP contribution in [0.4, 0.5) is 0 Å². The molecule has 0 aliphatic heterocycles. The molecule has 0 aromatic heterocycles. The van der Waals surface area contributed by atoms with Crippen LogP contribution in [0.3, 0.4) is 0 Å². The zero-order chi connectivity index (χ0) is 19.0. The number of rotatable bonds is 7. The standard InChI is InChI=1S/C22H42O2Si/c1-16(11-12-17(2)21(3,4)24-25(6,7)8)18-13-14-19-20(23)10-9-15-22(18,19)5/h16-19H,9-15H2,1-8H3/t16-,17-,18-,19+,22-/m1/s1. The third-order valence-corrected chi connectivity index (χ3v) is 8.57. The summed E-state index contributed by atoms with van der Waals surface area (Å²) in [7, 11) is -1.52. The van der Waals surface area contributed by atoms with Gasteiger partial charge in [-0.3, -0.25) is 4.79 Å². The van der Waals surface area contributed by atoms with Crippen LogP contribution in [0.1, 0.15) is 79.6 Å². The molecule has 0 saturated heterocycles. The fourth-order valence-electron chi connectivity index (χ4n) is 5.86. The van der Waals surface area contributed by atoms with Crippen LogP contribution in [0.5, 0.6) is 0 Å². The van der Waals surface area contributed by atoms with Crippen molar-refractivity contribution in [3.63, 3.8) is 0 Å². The van der Waals surface area contributed by atoms with E-state index in [9.17, 15) is 4.79 Å². The molecule has 0 spiro atoms. The Bertz CT molecular complexity index is 479. The van der Waals surface area contributed by atoms with Gasteiger partial charge in [-0.1, -0.05) is 27.2 Å². The molecule has 2 rings (SSSR count). The molecule has 5 atom stereocenters. The number of Topliss-reactive ketones (excluding diaryl/α,β-unsaturated/α-hetero) is 1. The highest BCUT2D eigenvalue weighted by Gasteiger charge is 2.52. The van der Waals surface area contributed by atoms with E-state index in [0.29, 0.717) is 23.5 Å². The predicted molar refractivity (Wildman–Crippen MR) is 109 cm³/mol. The lowest BCUT2D eigenvalue weighted by molar-refractivity contribution is -0.130. The van der Waals surface area contributed by atoms with Crippen LogP contribution in [0.2, 0.25) is 19.6 Å². The van der Waals surface area contributed by atoms with Crippen LogP contribution in [-0.4, -0.2) is 19.7 Å². The molecule has 0 aromatic carbocycles.